The van der Waals surface area contributed by atoms with Gasteiger partial charge in [-0.15, -0.1) is 0 Å². The molecule has 0 heterocycles. The Morgan fingerprint density at radius 1 is 0.556 bits per heavy atom. The first-order valence-corrected chi connectivity index (χ1v) is 16.1. The molecule has 0 radical (unpaired) electrons. The maximum absolute atomic E-state index is 2.51. The van der Waals surface area contributed by atoms with Crippen LogP contribution in [0, 0.1) is 17.8 Å². The van der Waals surface area contributed by atoms with E-state index < -0.39 is 15.8 Å². The van der Waals surface area contributed by atoms with E-state index in [2.05, 4.69) is 142 Å². The summed E-state index contributed by atoms with van der Waals surface area (Å²) in [6, 6.07) is 46.1. The van der Waals surface area contributed by atoms with Crippen LogP contribution in [0.1, 0.15) is 40.0 Å². The van der Waals surface area contributed by atoms with Crippen molar-refractivity contribution in [2.45, 2.75) is 44.9 Å². The van der Waals surface area contributed by atoms with Crippen molar-refractivity contribution >= 4 is 37.1 Å². The zero-order chi connectivity index (χ0) is 25.0. The maximum atomic E-state index is 2.51. The topological polar surface area (TPSA) is 0 Å². The number of hydrogen-bond acceptors (Lipinski definition) is 0. The van der Waals surface area contributed by atoms with E-state index in [0.29, 0.717) is 11.8 Å². The first-order valence-electron chi connectivity index (χ1n) is 13.4. The van der Waals surface area contributed by atoms with Gasteiger partial charge in [-0.2, -0.15) is 0 Å². The van der Waals surface area contributed by atoms with Gasteiger partial charge in [0.25, 0.3) is 0 Å². The van der Waals surface area contributed by atoms with Gasteiger partial charge in [-0.05, 0) is 67.7 Å². The predicted octanol–water partition coefficient (Wildman–Crippen LogP) is 8.04. The van der Waals surface area contributed by atoms with Gasteiger partial charge < -0.3 is 0 Å². The van der Waals surface area contributed by atoms with Gasteiger partial charge in [0, 0.05) is 4.90 Å². The Morgan fingerprint density at radius 3 is 1.19 bits per heavy atom. The first kappa shape index (κ1) is 25.4. The number of benzene rings is 4. The highest BCUT2D eigenvalue weighted by Gasteiger charge is 2.55. The van der Waals surface area contributed by atoms with Crippen molar-refractivity contribution in [2.75, 3.05) is 0 Å². The fraction of sp³-hybridized carbons (Fsp3) is 0.294. The summed E-state index contributed by atoms with van der Waals surface area (Å²) < 4.78 is 0. The fourth-order valence-corrected chi connectivity index (χ4v) is 15.4. The zero-order valence-electron chi connectivity index (χ0n) is 21.8. The van der Waals surface area contributed by atoms with E-state index in [1.807, 2.05) is 0 Å². The third-order valence-corrected chi connectivity index (χ3v) is 14.9. The molecule has 0 amide bonds. The van der Waals surface area contributed by atoms with E-state index >= 15 is 0 Å². The standard InChI is InChI=1S/C34H38P2/c1-27(2)33-25-24-28(3)26-34(33,35(29-16-8-4-9-17-29)30-18-10-5-11-19-30)36(31-20-12-6-13-21-31)32-22-14-7-15-23-32/h4-23,27-28,33H,24-26H2,1-3H3. The zero-order valence-corrected chi connectivity index (χ0v) is 23.6. The Hall–Kier alpha value is -2.26. The minimum Gasteiger partial charge on any atom is -0.0625 e. The Labute approximate surface area is 220 Å². The second-order valence-electron chi connectivity index (χ2n) is 10.6. The largest absolute Gasteiger partial charge is 0.0625 e. The average Bonchev–Trinajstić information content (AvgIpc) is 2.91. The summed E-state index contributed by atoms with van der Waals surface area (Å²) in [5.74, 6) is 2.01. The summed E-state index contributed by atoms with van der Waals surface area (Å²) >= 11 is 0. The second-order valence-corrected chi connectivity index (χ2v) is 16.0. The van der Waals surface area contributed by atoms with Gasteiger partial charge in [-0.25, -0.2) is 0 Å². The molecule has 0 bridgehead atoms. The monoisotopic (exact) mass is 508 g/mol. The highest BCUT2D eigenvalue weighted by atomic mass is 31.2. The second kappa shape index (κ2) is 11.4. The van der Waals surface area contributed by atoms with Crippen molar-refractivity contribution in [3.63, 3.8) is 0 Å². The summed E-state index contributed by atoms with van der Waals surface area (Å²) in [6.07, 6.45) is 3.93. The van der Waals surface area contributed by atoms with Gasteiger partial charge in [0.05, 0.1) is 0 Å². The molecule has 0 aromatic heterocycles. The van der Waals surface area contributed by atoms with Gasteiger partial charge in [0.15, 0.2) is 0 Å². The van der Waals surface area contributed by atoms with E-state index in [1.165, 1.54) is 40.5 Å². The molecule has 2 heteroatoms. The van der Waals surface area contributed by atoms with Gasteiger partial charge in [-0.3, -0.25) is 0 Å². The van der Waals surface area contributed by atoms with Crippen molar-refractivity contribution < 1.29 is 0 Å². The summed E-state index contributed by atoms with van der Waals surface area (Å²) in [5.41, 5.74) is 0. The van der Waals surface area contributed by atoms with Crippen LogP contribution in [0.4, 0.5) is 0 Å². The lowest BCUT2D eigenvalue weighted by Crippen LogP contribution is -2.49. The molecule has 1 aliphatic carbocycles. The molecule has 2 atom stereocenters. The predicted molar refractivity (Wildman–Crippen MR) is 162 cm³/mol. The van der Waals surface area contributed by atoms with Gasteiger partial charge >= 0.3 is 0 Å². The minimum absolute atomic E-state index is 0.169. The summed E-state index contributed by atoms with van der Waals surface area (Å²) in [6.45, 7) is 7.49. The molecular weight excluding hydrogens is 470 g/mol. The van der Waals surface area contributed by atoms with Crippen LogP contribution >= 0.6 is 15.8 Å². The molecule has 0 aliphatic heterocycles. The molecule has 4 aromatic rings. The highest BCUT2D eigenvalue weighted by molar-refractivity contribution is 7.91. The lowest BCUT2D eigenvalue weighted by atomic mass is 9.76. The van der Waals surface area contributed by atoms with Crippen LogP contribution in [-0.4, -0.2) is 4.90 Å². The average molecular weight is 509 g/mol. The molecule has 1 fully saturated rings. The summed E-state index contributed by atoms with van der Waals surface area (Å²) in [5, 5.41) is 6.10. The first-order chi connectivity index (χ1) is 17.6. The van der Waals surface area contributed by atoms with Crippen LogP contribution in [0.25, 0.3) is 0 Å². The third-order valence-electron chi connectivity index (χ3n) is 7.85. The molecule has 2 unspecified atom stereocenters. The van der Waals surface area contributed by atoms with Crippen LogP contribution in [0.2, 0.25) is 0 Å². The maximum Gasteiger partial charge on any atom is 0.0300 e. The van der Waals surface area contributed by atoms with Crippen molar-refractivity contribution in [2.24, 2.45) is 17.8 Å². The smallest absolute Gasteiger partial charge is 0.0300 e. The van der Waals surface area contributed by atoms with Gasteiger partial charge in [0.1, 0.15) is 0 Å². The minimum atomic E-state index is -0.609. The molecule has 1 saturated carbocycles. The van der Waals surface area contributed by atoms with E-state index in [4.69, 9.17) is 0 Å². The van der Waals surface area contributed by atoms with Crippen LogP contribution < -0.4 is 21.2 Å². The molecule has 0 saturated heterocycles. The quantitative estimate of drug-likeness (QED) is 0.222. The molecule has 4 aromatic carbocycles. The third kappa shape index (κ3) is 4.96. The highest BCUT2D eigenvalue weighted by Crippen LogP contribution is 2.73. The van der Waals surface area contributed by atoms with Crippen molar-refractivity contribution in [1.82, 2.24) is 0 Å². The van der Waals surface area contributed by atoms with Crippen molar-refractivity contribution in [3.05, 3.63) is 121 Å². The molecule has 0 nitrogen and oxygen atoms in total. The van der Waals surface area contributed by atoms with Crippen LogP contribution in [0.3, 0.4) is 0 Å². The Morgan fingerprint density at radius 2 is 0.889 bits per heavy atom. The Kier molecular flexibility index (Phi) is 8.06. The lowest BCUT2D eigenvalue weighted by molar-refractivity contribution is 0.222. The van der Waals surface area contributed by atoms with Crippen molar-refractivity contribution in [1.29, 1.82) is 0 Å². The lowest BCUT2D eigenvalue weighted by Gasteiger charge is -2.57. The Balaban J connectivity index is 1.87. The molecule has 36 heavy (non-hydrogen) atoms. The van der Waals surface area contributed by atoms with Crippen molar-refractivity contribution in [3.8, 4) is 0 Å². The molecule has 0 spiro atoms. The summed E-state index contributed by atoms with van der Waals surface area (Å²) in [7, 11) is -1.22. The normalized spacial score (nSPS) is 19.6. The molecule has 184 valence electrons. The van der Waals surface area contributed by atoms with Crippen LogP contribution in [0.15, 0.2) is 121 Å². The molecule has 1 aliphatic rings. The van der Waals surface area contributed by atoms with E-state index in [0.717, 1.165) is 5.92 Å². The number of hydrogen-bond donors (Lipinski definition) is 0. The van der Waals surface area contributed by atoms with Crippen LogP contribution in [-0.2, 0) is 0 Å². The molecular formula is C34H38P2. The van der Waals surface area contributed by atoms with Gasteiger partial charge in [-0.1, -0.05) is 149 Å². The molecule has 5 rings (SSSR count). The fourth-order valence-electron chi connectivity index (χ4n) is 6.44. The van der Waals surface area contributed by atoms with Gasteiger partial charge in [0.2, 0.25) is 0 Å². The van der Waals surface area contributed by atoms with E-state index in [9.17, 15) is 0 Å². The Bertz CT molecular complexity index is 1040. The van der Waals surface area contributed by atoms with E-state index in [1.54, 1.807) is 0 Å². The number of rotatable bonds is 7. The van der Waals surface area contributed by atoms with Crippen LogP contribution in [0.5, 0.6) is 0 Å². The SMILES string of the molecule is CC1CCC(C(C)C)C(P(c2ccccc2)c2ccccc2)(P(c2ccccc2)c2ccccc2)C1. The van der Waals surface area contributed by atoms with E-state index in [-0.39, 0.29) is 4.90 Å². The molecule has 0 N–H and O–H groups in total. The summed E-state index contributed by atoms with van der Waals surface area (Å²) in [4.78, 5) is 0.169.